The van der Waals surface area contributed by atoms with Crippen molar-refractivity contribution in [2.24, 2.45) is 0 Å². The Bertz CT molecular complexity index is 1660. The van der Waals surface area contributed by atoms with Crippen LogP contribution in [0.1, 0.15) is 38.2 Å². The molecule has 4 amide bonds. The van der Waals surface area contributed by atoms with Crippen molar-refractivity contribution in [1.29, 1.82) is 0 Å². The first-order valence-electron chi connectivity index (χ1n) is 14.8. The summed E-state index contributed by atoms with van der Waals surface area (Å²) in [5.74, 6) is -0.446. The standard InChI is InChI=1S/C34H35N5O4/c1-22(40)38-17-5-9-30(38)33(42)36-27-15-16-28-25(20-27)21-29(37-28)24-11-13-26(14-12-24)35-34(43)31-10-6-18-39(31)32(41)19-23-7-3-2-4-8-23/h2-4,7-8,11-16,20-21,30-31,37H,5-6,9-10,17-19H2,1H3,(H,35,43)(H,36,42)/t30-,31-/m0/s1. The number of aromatic nitrogens is 1. The van der Waals surface area contributed by atoms with Gasteiger partial charge in [0.05, 0.1) is 6.42 Å². The van der Waals surface area contributed by atoms with Gasteiger partial charge in [-0.1, -0.05) is 42.5 Å². The first-order valence-corrected chi connectivity index (χ1v) is 14.8. The molecule has 0 aliphatic carbocycles. The van der Waals surface area contributed by atoms with Crippen molar-refractivity contribution in [3.8, 4) is 11.3 Å². The highest BCUT2D eigenvalue weighted by Crippen LogP contribution is 2.28. The molecule has 0 unspecified atom stereocenters. The maximum atomic E-state index is 13.1. The number of carbonyl (C=O) groups is 4. The predicted molar refractivity (Wildman–Crippen MR) is 166 cm³/mol. The van der Waals surface area contributed by atoms with E-state index in [1.54, 1.807) is 9.80 Å². The predicted octanol–water partition coefficient (Wildman–Crippen LogP) is 4.96. The molecule has 2 saturated heterocycles. The van der Waals surface area contributed by atoms with E-state index in [0.717, 1.165) is 40.6 Å². The average Bonchev–Trinajstić information content (AvgIpc) is 3.78. The fourth-order valence-electron chi connectivity index (χ4n) is 6.18. The van der Waals surface area contributed by atoms with Gasteiger partial charge in [-0.25, -0.2) is 0 Å². The van der Waals surface area contributed by atoms with Crippen molar-refractivity contribution in [1.82, 2.24) is 14.8 Å². The second-order valence-electron chi connectivity index (χ2n) is 11.3. The monoisotopic (exact) mass is 577 g/mol. The average molecular weight is 578 g/mol. The van der Waals surface area contributed by atoms with Crippen LogP contribution in [0.2, 0.25) is 0 Å². The van der Waals surface area contributed by atoms with Crippen molar-refractivity contribution in [2.45, 2.75) is 51.1 Å². The van der Waals surface area contributed by atoms with Crippen LogP contribution in [0.25, 0.3) is 22.2 Å². The van der Waals surface area contributed by atoms with E-state index in [1.807, 2.05) is 78.9 Å². The van der Waals surface area contributed by atoms with E-state index >= 15 is 0 Å². The number of nitrogens with zero attached hydrogens (tertiary/aromatic N) is 2. The molecule has 0 bridgehead atoms. The molecule has 43 heavy (non-hydrogen) atoms. The number of hydrogen-bond donors (Lipinski definition) is 3. The van der Waals surface area contributed by atoms with Gasteiger partial charge in [0, 0.05) is 48.0 Å². The Morgan fingerprint density at radius 3 is 2.09 bits per heavy atom. The molecule has 9 heteroatoms. The largest absolute Gasteiger partial charge is 0.355 e. The summed E-state index contributed by atoms with van der Waals surface area (Å²) in [6, 6.07) is 24.0. The van der Waals surface area contributed by atoms with E-state index in [2.05, 4.69) is 15.6 Å². The normalized spacial score (nSPS) is 18.2. The van der Waals surface area contributed by atoms with Crippen LogP contribution in [-0.4, -0.2) is 63.6 Å². The molecule has 1 aromatic heterocycles. The molecule has 3 heterocycles. The number of benzene rings is 3. The number of carbonyl (C=O) groups excluding carboxylic acids is 4. The van der Waals surface area contributed by atoms with Gasteiger partial charge in [0.25, 0.3) is 0 Å². The van der Waals surface area contributed by atoms with E-state index in [0.29, 0.717) is 37.3 Å². The van der Waals surface area contributed by atoms with Crippen molar-refractivity contribution in [3.05, 3.63) is 84.4 Å². The SMILES string of the molecule is CC(=O)N1CCC[C@H]1C(=O)Nc1ccc2[nH]c(-c3ccc(NC(=O)[C@@H]4CCCN4C(=O)Cc4ccccc4)cc3)cc2c1. The number of fused-ring (bicyclic) bond motifs is 1. The zero-order valence-electron chi connectivity index (χ0n) is 24.1. The third-order valence-corrected chi connectivity index (χ3v) is 8.39. The number of H-pyrrole nitrogens is 1. The fraction of sp³-hybridized carbons (Fsp3) is 0.294. The van der Waals surface area contributed by atoms with Crippen molar-refractivity contribution >= 4 is 45.9 Å². The summed E-state index contributed by atoms with van der Waals surface area (Å²) >= 11 is 0. The van der Waals surface area contributed by atoms with Crippen molar-refractivity contribution in [3.63, 3.8) is 0 Å². The Balaban J connectivity index is 1.09. The van der Waals surface area contributed by atoms with Gasteiger partial charge in [-0.3, -0.25) is 19.2 Å². The zero-order valence-corrected chi connectivity index (χ0v) is 24.1. The van der Waals surface area contributed by atoms with Crippen LogP contribution in [0.3, 0.4) is 0 Å². The minimum Gasteiger partial charge on any atom is -0.355 e. The minimum absolute atomic E-state index is 0.0303. The fourth-order valence-corrected chi connectivity index (χ4v) is 6.18. The Hall–Kier alpha value is -4.92. The summed E-state index contributed by atoms with van der Waals surface area (Å²) in [7, 11) is 0. The van der Waals surface area contributed by atoms with Gasteiger partial charge >= 0.3 is 0 Å². The number of nitrogens with one attached hydrogen (secondary N) is 3. The molecular weight excluding hydrogens is 542 g/mol. The van der Waals surface area contributed by atoms with Gasteiger partial charge in [0.1, 0.15) is 12.1 Å². The molecule has 6 rings (SSSR count). The molecule has 0 saturated carbocycles. The van der Waals surface area contributed by atoms with E-state index in [1.165, 1.54) is 6.92 Å². The topological polar surface area (TPSA) is 115 Å². The molecule has 3 aromatic carbocycles. The number of aromatic amines is 1. The van der Waals surface area contributed by atoms with E-state index < -0.39 is 12.1 Å². The van der Waals surface area contributed by atoms with Gasteiger partial charge in [0.15, 0.2) is 0 Å². The van der Waals surface area contributed by atoms with Gasteiger partial charge in [-0.15, -0.1) is 0 Å². The molecule has 2 aliphatic rings. The summed E-state index contributed by atoms with van der Waals surface area (Å²) in [5.41, 5.74) is 5.07. The first-order chi connectivity index (χ1) is 20.9. The smallest absolute Gasteiger partial charge is 0.247 e. The van der Waals surface area contributed by atoms with E-state index in [9.17, 15) is 19.2 Å². The minimum atomic E-state index is -0.474. The highest BCUT2D eigenvalue weighted by atomic mass is 16.2. The third-order valence-electron chi connectivity index (χ3n) is 8.39. The Kier molecular flexibility index (Phi) is 7.96. The lowest BCUT2D eigenvalue weighted by atomic mass is 10.1. The highest BCUT2D eigenvalue weighted by molar-refractivity contribution is 6.00. The number of anilines is 2. The van der Waals surface area contributed by atoms with Gasteiger partial charge in [0.2, 0.25) is 23.6 Å². The summed E-state index contributed by atoms with van der Waals surface area (Å²) < 4.78 is 0. The number of rotatable bonds is 7. The van der Waals surface area contributed by atoms with Crippen LogP contribution in [-0.2, 0) is 25.6 Å². The maximum absolute atomic E-state index is 13.1. The molecule has 2 aliphatic heterocycles. The summed E-state index contributed by atoms with van der Waals surface area (Å²) in [4.78, 5) is 57.5. The first kappa shape index (κ1) is 28.2. The molecular formula is C34H35N5O4. The lowest BCUT2D eigenvalue weighted by molar-refractivity contribution is -0.136. The highest BCUT2D eigenvalue weighted by Gasteiger charge is 2.34. The van der Waals surface area contributed by atoms with Crippen LogP contribution >= 0.6 is 0 Å². The summed E-state index contributed by atoms with van der Waals surface area (Å²) in [6.45, 7) is 2.70. The molecule has 0 spiro atoms. The number of likely N-dealkylation sites (tertiary alicyclic amines) is 2. The van der Waals surface area contributed by atoms with Gasteiger partial charge in [-0.05, 0) is 73.2 Å². The zero-order chi connectivity index (χ0) is 29.9. The van der Waals surface area contributed by atoms with Gasteiger partial charge in [-0.2, -0.15) is 0 Å². The maximum Gasteiger partial charge on any atom is 0.247 e. The van der Waals surface area contributed by atoms with Crippen LogP contribution in [0.15, 0.2) is 78.9 Å². The van der Waals surface area contributed by atoms with E-state index in [4.69, 9.17) is 0 Å². The summed E-state index contributed by atoms with van der Waals surface area (Å²) in [6.07, 6.45) is 3.24. The Morgan fingerprint density at radius 1 is 0.767 bits per heavy atom. The van der Waals surface area contributed by atoms with Crippen LogP contribution in [0, 0.1) is 0 Å². The lowest BCUT2D eigenvalue weighted by Crippen LogP contribution is -2.43. The third kappa shape index (κ3) is 6.16. The lowest BCUT2D eigenvalue weighted by Gasteiger charge is -2.24. The molecule has 2 fully saturated rings. The van der Waals surface area contributed by atoms with Crippen LogP contribution in [0.5, 0.6) is 0 Å². The molecule has 2 atom stereocenters. The van der Waals surface area contributed by atoms with Crippen LogP contribution in [0.4, 0.5) is 11.4 Å². The number of hydrogen-bond acceptors (Lipinski definition) is 4. The van der Waals surface area contributed by atoms with Crippen molar-refractivity contribution in [2.75, 3.05) is 23.7 Å². The molecule has 0 radical (unpaired) electrons. The van der Waals surface area contributed by atoms with Crippen molar-refractivity contribution < 1.29 is 19.2 Å². The molecule has 9 nitrogen and oxygen atoms in total. The second-order valence-corrected chi connectivity index (χ2v) is 11.3. The van der Waals surface area contributed by atoms with E-state index in [-0.39, 0.29) is 30.0 Å². The number of amides is 4. The molecule has 220 valence electrons. The Morgan fingerprint density at radius 2 is 1.40 bits per heavy atom. The molecule has 3 N–H and O–H groups in total. The van der Waals surface area contributed by atoms with Crippen LogP contribution < -0.4 is 10.6 Å². The summed E-state index contributed by atoms with van der Waals surface area (Å²) in [5, 5.41) is 6.90. The second kappa shape index (κ2) is 12.1. The van der Waals surface area contributed by atoms with Gasteiger partial charge < -0.3 is 25.4 Å². The quantitative estimate of drug-likeness (QED) is 0.288. The molecule has 4 aromatic rings. The Labute approximate surface area is 250 Å².